The van der Waals surface area contributed by atoms with Crippen LogP contribution in [0.15, 0.2) is 29.4 Å². The van der Waals surface area contributed by atoms with E-state index in [1.165, 1.54) is 11.8 Å². The fourth-order valence-electron chi connectivity index (χ4n) is 1.60. The predicted molar refractivity (Wildman–Crippen MR) is 74.4 cm³/mol. The molecule has 0 saturated heterocycles. The van der Waals surface area contributed by atoms with Crippen molar-refractivity contribution in [2.45, 2.75) is 12.1 Å². The van der Waals surface area contributed by atoms with E-state index in [1.54, 1.807) is 14.0 Å². The smallest absolute Gasteiger partial charge is 0.191 e. The van der Waals surface area contributed by atoms with Crippen molar-refractivity contribution in [2.24, 2.45) is 7.05 Å². The first kappa shape index (κ1) is 13.6. The van der Waals surface area contributed by atoms with Crippen LogP contribution in [-0.2, 0) is 11.8 Å². The number of nitrogens with zero attached hydrogens (tertiary/aromatic N) is 3. The number of Topliss-reactive ketones (excluding diaryl/α,β-unsaturated/α-hetero) is 1. The monoisotopic (exact) mass is 277 g/mol. The maximum atomic E-state index is 11.0. The summed E-state index contributed by atoms with van der Waals surface area (Å²) in [4.78, 5) is 11.0. The van der Waals surface area contributed by atoms with Gasteiger partial charge in [0.15, 0.2) is 11.0 Å². The van der Waals surface area contributed by atoms with Gasteiger partial charge >= 0.3 is 0 Å². The van der Waals surface area contributed by atoms with E-state index < -0.39 is 0 Å². The van der Waals surface area contributed by atoms with E-state index in [1.807, 2.05) is 35.9 Å². The van der Waals surface area contributed by atoms with Crippen molar-refractivity contribution in [1.82, 2.24) is 14.8 Å². The van der Waals surface area contributed by atoms with Crippen LogP contribution in [0.25, 0.3) is 11.4 Å². The third-order valence-electron chi connectivity index (χ3n) is 2.59. The molecule has 0 aliphatic carbocycles. The maximum Gasteiger partial charge on any atom is 0.191 e. The van der Waals surface area contributed by atoms with Crippen molar-refractivity contribution < 1.29 is 9.53 Å². The van der Waals surface area contributed by atoms with Crippen LogP contribution in [0.1, 0.15) is 6.92 Å². The van der Waals surface area contributed by atoms with E-state index in [9.17, 15) is 4.79 Å². The second-order valence-electron chi connectivity index (χ2n) is 4.08. The highest BCUT2D eigenvalue weighted by atomic mass is 32.2. The Morgan fingerprint density at radius 3 is 2.58 bits per heavy atom. The average molecular weight is 277 g/mol. The molecule has 1 aromatic carbocycles. The van der Waals surface area contributed by atoms with Gasteiger partial charge in [0.05, 0.1) is 12.9 Å². The molecular weight excluding hydrogens is 262 g/mol. The van der Waals surface area contributed by atoms with Crippen LogP contribution in [0.5, 0.6) is 5.75 Å². The molecule has 0 amide bonds. The number of thioether (sulfide) groups is 1. The van der Waals surface area contributed by atoms with Crippen LogP contribution >= 0.6 is 11.8 Å². The van der Waals surface area contributed by atoms with Crippen LogP contribution < -0.4 is 4.74 Å². The molecule has 0 bridgehead atoms. The number of aromatic nitrogens is 3. The summed E-state index contributed by atoms with van der Waals surface area (Å²) in [6, 6.07) is 7.63. The van der Waals surface area contributed by atoms with Crippen molar-refractivity contribution in [2.75, 3.05) is 12.9 Å². The molecular formula is C13H15N3O2S. The maximum absolute atomic E-state index is 11.0. The summed E-state index contributed by atoms with van der Waals surface area (Å²) in [5, 5.41) is 9.00. The van der Waals surface area contributed by atoms with Gasteiger partial charge in [0.1, 0.15) is 11.5 Å². The largest absolute Gasteiger partial charge is 0.497 e. The van der Waals surface area contributed by atoms with Gasteiger partial charge in [-0.3, -0.25) is 4.79 Å². The number of hydrogen-bond donors (Lipinski definition) is 0. The lowest BCUT2D eigenvalue weighted by molar-refractivity contribution is -0.114. The molecule has 100 valence electrons. The molecule has 0 aliphatic rings. The molecule has 0 saturated carbocycles. The zero-order valence-corrected chi connectivity index (χ0v) is 11.9. The summed E-state index contributed by atoms with van der Waals surface area (Å²) in [6.45, 7) is 1.56. The summed E-state index contributed by atoms with van der Waals surface area (Å²) in [6.07, 6.45) is 0. The zero-order valence-electron chi connectivity index (χ0n) is 11.1. The normalized spacial score (nSPS) is 10.5. The second kappa shape index (κ2) is 5.88. The second-order valence-corrected chi connectivity index (χ2v) is 5.03. The molecule has 0 N–H and O–H groups in total. The van der Waals surface area contributed by atoms with Crippen molar-refractivity contribution in [1.29, 1.82) is 0 Å². The highest BCUT2D eigenvalue weighted by Gasteiger charge is 2.11. The lowest BCUT2D eigenvalue weighted by Gasteiger charge is -2.04. The van der Waals surface area contributed by atoms with Gasteiger partial charge in [-0.15, -0.1) is 10.2 Å². The lowest BCUT2D eigenvalue weighted by Crippen LogP contribution is -1.98. The molecule has 0 atom stereocenters. The predicted octanol–water partition coefficient (Wildman–Crippen LogP) is 2.17. The molecule has 0 radical (unpaired) electrons. The van der Waals surface area contributed by atoms with Gasteiger partial charge < -0.3 is 9.30 Å². The van der Waals surface area contributed by atoms with Crippen LogP contribution in [-0.4, -0.2) is 33.4 Å². The third-order valence-corrected chi connectivity index (χ3v) is 3.75. The standard InChI is InChI=1S/C13H15N3O2S/c1-9(17)8-19-13-15-14-12(16(13)2)10-4-6-11(18-3)7-5-10/h4-7H,8H2,1-3H3. The molecule has 1 aromatic heterocycles. The highest BCUT2D eigenvalue weighted by Crippen LogP contribution is 2.24. The minimum Gasteiger partial charge on any atom is -0.497 e. The Hall–Kier alpha value is -1.82. The Morgan fingerprint density at radius 2 is 2.00 bits per heavy atom. The summed E-state index contributed by atoms with van der Waals surface area (Å²) in [5.74, 6) is 2.11. The third kappa shape index (κ3) is 3.14. The van der Waals surface area contributed by atoms with Crippen LogP contribution in [0.3, 0.4) is 0 Å². The van der Waals surface area contributed by atoms with Crippen LogP contribution in [0.4, 0.5) is 0 Å². The molecule has 6 heteroatoms. The van der Waals surface area contributed by atoms with E-state index in [0.29, 0.717) is 5.75 Å². The Morgan fingerprint density at radius 1 is 1.32 bits per heavy atom. The van der Waals surface area contributed by atoms with E-state index in [2.05, 4.69) is 10.2 Å². The van der Waals surface area contributed by atoms with E-state index in [0.717, 1.165) is 22.3 Å². The van der Waals surface area contributed by atoms with Gasteiger partial charge in [0.25, 0.3) is 0 Å². The lowest BCUT2D eigenvalue weighted by atomic mass is 10.2. The number of ether oxygens (including phenoxy) is 1. The topological polar surface area (TPSA) is 57.0 Å². The van der Waals surface area contributed by atoms with Gasteiger partial charge in [0.2, 0.25) is 0 Å². The number of carbonyl (C=O) groups is 1. The average Bonchev–Trinajstić information content (AvgIpc) is 2.78. The minimum atomic E-state index is 0.124. The number of carbonyl (C=O) groups excluding carboxylic acids is 1. The molecule has 2 rings (SSSR count). The fraction of sp³-hybridized carbons (Fsp3) is 0.308. The summed E-state index contributed by atoms with van der Waals surface area (Å²) >= 11 is 1.39. The number of rotatable bonds is 5. The zero-order chi connectivity index (χ0) is 13.8. The van der Waals surface area contributed by atoms with E-state index in [4.69, 9.17) is 4.74 Å². The van der Waals surface area contributed by atoms with Gasteiger partial charge in [0, 0.05) is 12.6 Å². The van der Waals surface area contributed by atoms with Crippen LogP contribution in [0, 0.1) is 0 Å². The summed E-state index contributed by atoms with van der Waals surface area (Å²) in [5.41, 5.74) is 0.963. The molecule has 0 unspecified atom stereocenters. The summed E-state index contributed by atoms with van der Waals surface area (Å²) < 4.78 is 7.01. The number of methoxy groups -OCH3 is 1. The molecule has 5 nitrogen and oxygen atoms in total. The molecule has 1 heterocycles. The quantitative estimate of drug-likeness (QED) is 0.784. The Kier molecular flexibility index (Phi) is 4.21. The summed E-state index contributed by atoms with van der Waals surface area (Å²) in [7, 11) is 3.52. The SMILES string of the molecule is COc1ccc(-c2nnc(SCC(C)=O)n2C)cc1. The van der Waals surface area contributed by atoms with E-state index >= 15 is 0 Å². The highest BCUT2D eigenvalue weighted by molar-refractivity contribution is 7.99. The van der Waals surface area contributed by atoms with Crippen molar-refractivity contribution in [3.63, 3.8) is 0 Å². The van der Waals surface area contributed by atoms with Crippen LogP contribution in [0.2, 0.25) is 0 Å². The number of hydrogen-bond acceptors (Lipinski definition) is 5. The van der Waals surface area contributed by atoms with Crippen molar-refractivity contribution in [3.05, 3.63) is 24.3 Å². The Bertz CT molecular complexity index is 578. The first-order valence-electron chi connectivity index (χ1n) is 5.78. The van der Waals surface area contributed by atoms with Gasteiger partial charge in [-0.05, 0) is 31.2 Å². The molecule has 0 spiro atoms. The molecule has 19 heavy (non-hydrogen) atoms. The number of benzene rings is 1. The first-order valence-corrected chi connectivity index (χ1v) is 6.76. The number of ketones is 1. The van der Waals surface area contributed by atoms with Gasteiger partial charge in [-0.25, -0.2) is 0 Å². The minimum absolute atomic E-state index is 0.124. The van der Waals surface area contributed by atoms with Gasteiger partial charge in [-0.2, -0.15) is 0 Å². The van der Waals surface area contributed by atoms with E-state index in [-0.39, 0.29) is 5.78 Å². The molecule has 0 aliphatic heterocycles. The molecule has 2 aromatic rings. The Labute approximate surface area is 116 Å². The van der Waals surface area contributed by atoms with Crippen molar-refractivity contribution in [3.8, 4) is 17.1 Å². The van der Waals surface area contributed by atoms with Crippen molar-refractivity contribution >= 4 is 17.5 Å². The fourth-order valence-corrected chi connectivity index (χ4v) is 2.31. The first-order chi connectivity index (χ1) is 9.11. The Balaban J connectivity index is 2.22. The van der Waals surface area contributed by atoms with Gasteiger partial charge in [-0.1, -0.05) is 11.8 Å². The molecule has 0 fully saturated rings.